The van der Waals surface area contributed by atoms with Crippen molar-refractivity contribution < 1.29 is 9.90 Å². The lowest BCUT2D eigenvalue weighted by atomic mass is 9.48. The van der Waals surface area contributed by atoms with E-state index in [1.165, 1.54) is 48.8 Å². The monoisotopic (exact) mass is 370 g/mol. The summed E-state index contributed by atoms with van der Waals surface area (Å²) in [4.78, 5) is 13.0. The first-order chi connectivity index (χ1) is 12.4. The molecule has 0 bridgehead atoms. The Labute approximate surface area is 161 Å². The quantitative estimate of drug-likeness (QED) is 0.581. The summed E-state index contributed by atoms with van der Waals surface area (Å²) in [5, 5.41) is 10.3. The fourth-order valence-electron chi connectivity index (χ4n) is 7.34. The standard InChI is InChI=1S/C23H30O2S/c1-22-11-9-15(24)13-14(22)3-4-16-17-5-6-19(20-7-8-21(25)26-20)23(17,2)12-10-18(16)22/h3,7-8,15-18,24H,4-6,9-13H2,1-2H3/t15?,16-,17-,18-,22-,23-/m0/s1. The normalized spacial score (nSPS) is 50.3. The average molecular weight is 371 g/mol. The summed E-state index contributed by atoms with van der Waals surface area (Å²) in [5.41, 5.74) is 3.73. The van der Waals surface area contributed by atoms with E-state index >= 15 is 0 Å². The van der Waals surface area contributed by atoms with Gasteiger partial charge in [-0.15, -0.1) is 0 Å². The van der Waals surface area contributed by atoms with Crippen LogP contribution < -0.4 is 0 Å². The van der Waals surface area contributed by atoms with Gasteiger partial charge in [0.05, 0.1) is 6.10 Å². The van der Waals surface area contributed by atoms with Gasteiger partial charge in [-0.05, 0) is 109 Å². The summed E-state index contributed by atoms with van der Waals surface area (Å²) < 4.78 is 0. The highest BCUT2D eigenvalue weighted by molar-refractivity contribution is 8.17. The Hall–Kier alpha value is -0.800. The molecule has 1 aliphatic heterocycles. The van der Waals surface area contributed by atoms with Crippen LogP contribution in [0.1, 0.15) is 65.2 Å². The highest BCUT2D eigenvalue weighted by Crippen LogP contribution is 2.67. The Bertz CT molecular complexity index is 747. The zero-order valence-corrected chi connectivity index (χ0v) is 16.8. The summed E-state index contributed by atoms with van der Waals surface area (Å²) in [6, 6.07) is 0. The molecule has 3 heteroatoms. The summed E-state index contributed by atoms with van der Waals surface area (Å²) in [6.07, 6.45) is 15.5. The fraction of sp³-hybridized carbons (Fsp3) is 0.696. The van der Waals surface area contributed by atoms with Crippen molar-refractivity contribution in [1.29, 1.82) is 0 Å². The summed E-state index contributed by atoms with van der Waals surface area (Å²) in [5.74, 6) is 2.32. The number of fused-ring (bicyclic) bond motifs is 5. The first-order valence-corrected chi connectivity index (χ1v) is 11.2. The van der Waals surface area contributed by atoms with Crippen LogP contribution in [0.25, 0.3) is 0 Å². The maximum absolute atomic E-state index is 11.7. The Balaban J connectivity index is 1.49. The predicted molar refractivity (Wildman–Crippen MR) is 106 cm³/mol. The smallest absolute Gasteiger partial charge is 0.216 e. The third kappa shape index (κ3) is 2.32. The van der Waals surface area contributed by atoms with Gasteiger partial charge < -0.3 is 5.11 Å². The van der Waals surface area contributed by atoms with Crippen molar-refractivity contribution in [3.05, 3.63) is 34.3 Å². The third-order valence-electron chi connectivity index (χ3n) is 8.74. The van der Waals surface area contributed by atoms with Crippen molar-refractivity contribution >= 4 is 16.9 Å². The average Bonchev–Trinajstić information content (AvgIpc) is 3.18. The largest absolute Gasteiger partial charge is 0.393 e. The van der Waals surface area contributed by atoms with E-state index in [0.29, 0.717) is 5.41 Å². The number of thioether (sulfide) groups is 1. The molecular formula is C23H30O2S. The van der Waals surface area contributed by atoms with Gasteiger partial charge in [-0.3, -0.25) is 4.79 Å². The molecule has 0 radical (unpaired) electrons. The van der Waals surface area contributed by atoms with Gasteiger partial charge >= 0.3 is 0 Å². The lowest BCUT2D eigenvalue weighted by Crippen LogP contribution is -2.49. The Morgan fingerprint density at radius 2 is 1.85 bits per heavy atom. The molecule has 0 spiro atoms. The summed E-state index contributed by atoms with van der Waals surface area (Å²) in [6.45, 7) is 4.99. The number of allylic oxidation sites excluding steroid dienone is 3. The van der Waals surface area contributed by atoms with E-state index in [9.17, 15) is 9.90 Å². The van der Waals surface area contributed by atoms with Crippen LogP contribution in [0.3, 0.4) is 0 Å². The molecule has 5 aliphatic rings. The van der Waals surface area contributed by atoms with E-state index in [2.05, 4.69) is 26.0 Å². The number of hydrogen-bond acceptors (Lipinski definition) is 3. The number of carbonyl (C=O) groups is 1. The van der Waals surface area contributed by atoms with Crippen LogP contribution in [0.4, 0.5) is 0 Å². The molecule has 0 aromatic heterocycles. The zero-order chi connectivity index (χ0) is 18.1. The number of rotatable bonds is 0. The zero-order valence-electron chi connectivity index (χ0n) is 16.0. The molecule has 1 heterocycles. The van der Waals surface area contributed by atoms with Crippen LogP contribution >= 0.6 is 11.8 Å². The minimum atomic E-state index is -0.119. The van der Waals surface area contributed by atoms with Gasteiger partial charge in [0.25, 0.3) is 0 Å². The molecule has 0 amide bonds. The lowest BCUT2D eigenvalue weighted by molar-refractivity contribution is -0.106. The molecule has 6 atom stereocenters. The predicted octanol–water partition coefficient (Wildman–Crippen LogP) is 5.39. The molecule has 4 aliphatic carbocycles. The highest BCUT2D eigenvalue weighted by Gasteiger charge is 2.57. The maximum atomic E-state index is 11.7. The highest BCUT2D eigenvalue weighted by atomic mass is 32.2. The van der Waals surface area contributed by atoms with Crippen LogP contribution in [-0.4, -0.2) is 16.3 Å². The van der Waals surface area contributed by atoms with Gasteiger partial charge in [0, 0.05) is 4.91 Å². The van der Waals surface area contributed by atoms with Crippen LogP contribution in [-0.2, 0) is 4.79 Å². The van der Waals surface area contributed by atoms with Gasteiger partial charge in [-0.25, -0.2) is 0 Å². The van der Waals surface area contributed by atoms with E-state index in [4.69, 9.17) is 0 Å². The van der Waals surface area contributed by atoms with Gasteiger partial charge in [0.2, 0.25) is 5.12 Å². The SMILES string of the molecule is C[C@]12CCC(O)CC1=CC[C@@H]1[C@@H]2CC[C@]2(C)C(=C3C=CC(=O)S3)CC[C@@H]12. The van der Waals surface area contributed by atoms with E-state index in [1.54, 1.807) is 17.2 Å². The van der Waals surface area contributed by atoms with Crippen LogP contribution in [0.2, 0.25) is 0 Å². The Morgan fingerprint density at radius 1 is 1.08 bits per heavy atom. The van der Waals surface area contributed by atoms with E-state index in [-0.39, 0.29) is 16.6 Å². The minimum Gasteiger partial charge on any atom is -0.393 e. The number of aliphatic hydroxyl groups is 1. The molecule has 5 rings (SSSR count). The molecule has 0 aromatic carbocycles. The molecule has 1 N–H and O–H groups in total. The molecule has 3 saturated carbocycles. The Kier molecular flexibility index (Phi) is 3.89. The van der Waals surface area contributed by atoms with Crippen molar-refractivity contribution in [2.24, 2.45) is 28.6 Å². The summed E-state index contributed by atoms with van der Waals surface area (Å²) in [7, 11) is 0. The maximum Gasteiger partial charge on any atom is 0.216 e. The van der Waals surface area contributed by atoms with Crippen LogP contribution in [0.15, 0.2) is 34.3 Å². The van der Waals surface area contributed by atoms with E-state index in [1.807, 2.05) is 0 Å². The first-order valence-electron chi connectivity index (χ1n) is 10.4. The second kappa shape index (κ2) is 5.85. The van der Waals surface area contributed by atoms with Gasteiger partial charge in [-0.2, -0.15) is 0 Å². The minimum absolute atomic E-state index is 0.119. The summed E-state index contributed by atoms with van der Waals surface area (Å²) >= 11 is 1.45. The number of hydrogen-bond donors (Lipinski definition) is 1. The first kappa shape index (κ1) is 17.3. The third-order valence-corrected chi connectivity index (χ3v) is 9.68. The number of aliphatic hydroxyl groups excluding tert-OH is 1. The van der Waals surface area contributed by atoms with Crippen LogP contribution in [0.5, 0.6) is 0 Å². The fourth-order valence-corrected chi connectivity index (χ4v) is 8.29. The van der Waals surface area contributed by atoms with Crippen molar-refractivity contribution in [1.82, 2.24) is 0 Å². The van der Waals surface area contributed by atoms with E-state index < -0.39 is 0 Å². The van der Waals surface area contributed by atoms with Crippen molar-refractivity contribution in [2.45, 2.75) is 71.3 Å². The topological polar surface area (TPSA) is 37.3 Å². The molecule has 0 aromatic rings. The van der Waals surface area contributed by atoms with Crippen molar-refractivity contribution in [3.8, 4) is 0 Å². The van der Waals surface area contributed by atoms with Gasteiger partial charge in [-0.1, -0.05) is 25.5 Å². The lowest BCUT2D eigenvalue weighted by Gasteiger charge is -2.57. The van der Waals surface area contributed by atoms with Crippen molar-refractivity contribution in [3.63, 3.8) is 0 Å². The van der Waals surface area contributed by atoms with Gasteiger partial charge in [0.1, 0.15) is 0 Å². The molecule has 0 saturated heterocycles. The van der Waals surface area contributed by atoms with E-state index in [0.717, 1.165) is 37.0 Å². The molecule has 140 valence electrons. The van der Waals surface area contributed by atoms with Crippen LogP contribution in [0, 0.1) is 28.6 Å². The Morgan fingerprint density at radius 3 is 2.62 bits per heavy atom. The second-order valence-electron chi connectivity index (χ2n) is 9.75. The number of carbonyl (C=O) groups excluding carboxylic acids is 1. The molecule has 3 fully saturated rings. The second-order valence-corrected chi connectivity index (χ2v) is 10.8. The molecule has 2 nitrogen and oxygen atoms in total. The van der Waals surface area contributed by atoms with Crippen molar-refractivity contribution in [2.75, 3.05) is 0 Å². The molecular weight excluding hydrogens is 340 g/mol. The molecule has 1 unspecified atom stereocenters. The molecule has 26 heavy (non-hydrogen) atoms. The van der Waals surface area contributed by atoms with Gasteiger partial charge in [0.15, 0.2) is 0 Å².